The first-order chi connectivity index (χ1) is 17.2. The van der Waals surface area contributed by atoms with Crippen LogP contribution in [0.1, 0.15) is 62.1 Å². The van der Waals surface area contributed by atoms with Crippen molar-refractivity contribution in [2.45, 2.75) is 63.3 Å². The van der Waals surface area contributed by atoms with Crippen molar-refractivity contribution in [1.29, 1.82) is 0 Å². The highest BCUT2D eigenvalue weighted by Crippen LogP contribution is 2.40. The van der Waals surface area contributed by atoms with E-state index in [4.69, 9.17) is 9.47 Å². The van der Waals surface area contributed by atoms with Gasteiger partial charge in [-0.3, -0.25) is 0 Å². The fraction of sp³-hybridized carbons (Fsp3) is 0.375. The molecule has 0 aliphatic heterocycles. The molecule has 0 fully saturated rings. The van der Waals surface area contributed by atoms with Crippen LogP contribution in [0.5, 0.6) is 0 Å². The Morgan fingerprint density at radius 1 is 0.714 bits per heavy atom. The van der Waals surface area contributed by atoms with E-state index in [0.717, 1.165) is 55.2 Å². The second-order valence-electron chi connectivity index (χ2n) is 9.10. The van der Waals surface area contributed by atoms with Gasteiger partial charge in [-0.15, -0.1) is 0 Å². The fourth-order valence-electron chi connectivity index (χ4n) is 4.54. The number of unbranched alkanes of at least 4 members (excludes halogenated alkanes) is 1. The summed E-state index contributed by atoms with van der Waals surface area (Å²) in [5.74, 6) is 0. The SMILES string of the molecule is CO[C@H](CC/C=C/CCC[C@@H](C)O)CCOC(c1ccccc1)(c1ccccc1)c1ccccc1. The molecule has 0 bridgehead atoms. The van der Waals surface area contributed by atoms with E-state index in [1.165, 1.54) is 0 Å². The largest absolute Gasteiger partial charge is 0.393 e. The molecule has 0 radical (unpaired) electrons. The van der Waals surface area contributed by atoms with Crippen LogP contribution in [0.3, 0.4) is 0 Å². The number of aliphatic hydroxyl groups is 1. The first-order valence-corrected chi connectivity index (χ1v) is 12.8. The maximum absolute atomic E-state index is 9.37. The zero-order chi connectivity index (χ0) is 24.8. The molecule has 1 N–H and O–H groups in total. The van der Waals surface area contributed by atoms with Crippen LogP contribution < -0.4 is 0 Å². The number of benzene rings is 3. The third kappa shape index (κ3) is 7.90. The van der Waals surface area contributed by atoms with Gasteiger partial charge in [-0.1, -0.05) is 103 Å². The number of ether oxygens (including phenoxy) is 2. The van der Waals surface area contributed by atoms with Gasteiger partial charge in [0.2, 0.25) is 0 Å². The zero-order valence-electron chi connectivity index (χ0n) is 21.2. The van der Waals surface area contributed by atoms with E-state index in [0.29, 0.717) is 6.61 Å². The zero-order valence-corrected chi connectivity index (χ0v) is 21.2. The highest BCUT2D eigenvalue weighted by atomic mass is 16.5. The van der Waals surface area contributed by atoms with Crippen molar-refractivity contribution in [2.24, 2.45) is 0 Å². The maximum atomic E-state index is 9.37. The molecule has 2 atom stereocenters. The van der Waals surface area contributed by atoms with Gasteiger partial charge in [0, 0.05) is 7.11 Å². The number of rotatable bonds is 15. The van der Waals surface area contributed by atoms with Gasteiger partial charge in [-0.25, -0.2) is 0 Å². The topological polar surface area (TPSA) is 38.7 Å². The molecule has 0 amide bonds. The number of aliphatic hydroxyl groups excluding tert-OH is 1. The van der Waals surface area contributed by atoms with Crippen molar-refractivity contribution in [1.82, 2.24) is 0 Å². The Morgan fingerprint density at radius 3 is 1.66 bits per heavy atom. The van der Waals surface area contributed by atoms with Gasteiger partial charge in [0.05, 0.1) is 18.8 Å². The second kappa shape index (κ2) is 14.6. The van der Waals surface area contributed by atoms with E-state index in [-0.39, 0.29) is 12.2 Å². The molecule has 0 aromatic heterocycles. The molecule has 186 valence electrons. The summed E-state index contributed by atoms with van der Waals surface area (Å²) in [5, 5.41) is 9.37. The monoisotopic (exact) mass is 472 g/mol. The Balaban J connectivity index is 1.71. The smallest absolute Gasteiger partial charge is 0.143 e. The molecule has 0 heterocycles. The summed E-state index contributed by atoms with van der Waals surface area (Å²) in [5.41, 5.74) is 2.66. The van der Waals surface area contributed by atoms with Crippen molar-refractivity contribution in [2.75, 3.05) is 13.7 Å². The van der Waals surface area contributed by atoms with E-state index < -0.39 is 5.60 Å². The summed E-state index contributed by atoms with van der Waals surface area (Å²) in [4.78, 5) is 0. The highest BCUT2D eigenvalue weighted by molar-refractivity contribution is 5.47. The summed E-state index contributed by atoms with van der Waals surface area (Å²) in [6.07, 6.45) is 10.0. The Bertz CT molecular complexity index is 871. The van der Waals surface area contributed by atoms with Crippen LogP contribution in [-0.4, -0.2) is 31.0 Å². The molecular weight excluding hydrogens is 432 g/mol. The van der Waals surface area contributed by atoms with Crippen LogP contribution in [0.15, 0.2) is 103 Å². The lowest BCUT2D eigenvalue weighted by molar-refractivity contribution is -0.0143. The van der Waals surface area contributed by atoms with Gasteiger partial charge in [0.15, 0.2) is 0 Å². The van der Waals surface area contributed by atoms with Gasteiger partial charge in [-0.05, 0) is 62.1 Å². The molecule has 0 spiro atoms. The van der Waals surface area contributed by atoms with Gasteiger partial charge in [0.25, 0.3) is 0 Å². The van der Waals surface area contributed by atoms with E-state index in [1.54, 1.807) is 7.11 Å². The van der Waals surface area contributed by atoms with Crippen LogP contribution in [0.25, 0.3) is 0 Å². The Hall–Kier alpha value is -2.72. The lowest BCUT2D eigenvalue weighted by atomic mass is 9.80. The average Bonchev–Trinajstić information content (AvgIpc) is 2.91. The molecule has 0 saturated heterocycles. The summed E-state index contributed by atoms with van der Waals surface area (Å²) in [6.45, 7) is 2.42. The third-order valence-electron chi connectivity index (χ3n) is 6.45. The number of hydrogen-bond donors (Lipinski definition) is 1. The van der Waals surface area contributed by atoms with E-state index in [1.807, 2.05) is 25.1 Å². The van der Waals surface area contributed by atoms with Crippen molar-refractivity contribution in [3.8, 4) is 0 Å². The van der Waals surface area contributed by atoms with Crippen molar-refractivity contribution >= 4 is 0 Å². The fourth-order valence-corrected chi connectivity index (χ4v) is 4.54. The van der Waals surface area contributed by atoms with Gasteiger partial charge < -0.3 is 14.6 Å². The predicted octanol–water partition coefficient (Wildman–Crippen LogP) is 7.29. The minimum Gasteiger partial charge on any atom is -0.393 e. The van der Waals surface area contributed by atoms with Crippen LogP contribution in [0, 0.1) is 0 Å². The first-order valence-electron chi connectivity index (χ1n) is 12.8. The molecule has 3 heteroatoms. The summed E-state index contributed by atoms with van der Waals surface area (Å²) in [6, 6.07) is 31.5. The van der Waals surface area contributed by atoms with Gasteiger partial charge >= 0.3 is 0 Å². The van der Waals surface area contributed by atoms with E-state index in [9.17, 15) is 5.11 Å². The molecule has 3 nitrogen and oxygen atoms in total. The maximum Gasteiger partial charge on any atom is 0.143 e. The molecule has 0 unspecified atom stereocenters. The molecule has 35 heavy (non-hydrogen) atoms. The van der Waals surface area contributed by atoms with E-state index >= 15 is 0 Å². The third-order valence-corrected chi connectivity index (χ3v) is 6.45. The number of allylic oxidation sites excluding steroid dienone is 2. The highest BCUT2D eigenvalue weighted by Gasteiger charge is 2.37. The number of methoxy groups -OCH3 is 1. The quantitative estimate of drug-likeness (QED) is 0.143. The molecule has 0 saturated carbocycles. The Labute approximate surface area is 211 Å². The molecule has 0 aliphatic rings. The molecule has 3 rings (SSSR count). The number of hydrogen-bond acceptors (Lipinski definition) is 3. The normalized spacial score (nSPS) is 13.7. The Morgan fingerprint density at radius 2 is 1.20 bits per heavy atom. The standard InChI is InChI=1S/C32H40O3/c1-27(33)17-9-4-3-5-16-24-31(34-2)25-26-35-32(28-18-10-6-11-19-28,29-20-12-7-13-21-29)30-22-14-8-15-23-30/h3,5-8,10-15,18-23,27,31,33H,4,9,16-17,24-26H2,1-2H3/b5-3+/t27-,31-/m1/s1. The van der Waals surface area contributed by atoms with Crippen LogP contribution >= 0.6 is 0 Å². The lowest BCUT2D eigenvalue weighted by Crippen LogP contribution is -2.34. The van der Waals surface area contributed by atoms with Crippen molar-refractivity contribution in [3.63, 3.8) is 0 Å². The second-order valence-corrected chi connectivity index (χ2v) is 9.10. The Kier molecular flexibility index (Phi) is 11.2. The van der Waals surface area contributed by atoms with Crippen molar-refractivity contribution < 1.29 is 14.6 Å². The average molecular weight is 473 g/mol. The van der Waals surface area contributed by atoms with Crippen LogP contribution in [0.2, 0.25) is 0 Å². The molecule has 3 aromatic carbocycles. The molecule has 3 aromatic rings. The van der Waals surface area contributed by atoms with Crippen LogP contribution in [0.4, 0.5) is 0 Å². The first kappa shape index (κ1) is 26.9. The molecular formula is C32H40O3. The van der Waals surface area contributed by atoms with Gasteiger partial charge in [-0.2, -0.15) is 0 Å². The lowest BCUT2D eigenvalue weighted by Gasteiger charge is -2.36. The van der Waals surface area contributed by atoms with Crippen LogP contribution in [-0.2, 0) is 15.1 Å². The minimum atomic E-state index is -0.689. The molecule has 0 aliphatic carbocycles. The predicted molar refractivity (Wildman–Crippen MR) is 144 cm³/mol. The minimum absolute atomic E-state index is 0.136. The van der Waals surface area contributed by atoms with Gasteiger partial charge in [0.1, 0.15) is 5.60 Å². The summed E-state index contributed by atoms with van der Waals surface area (Å²) in [7, 11) is 1.79. The summed E-state index contributed by atoms with van der Waals surface area (Å²) < 4.78 is 12.7. The van der Waals surface area contributed by atoms with E-state index in [2.05, 4.69) is 84.9 Å². The summed E-state index contributed by atoms with van der Waals surface area (Å²) >= 11 is 0. The van der Waals surface area contributed by atoms with Crippen molar-refractivity contribution in [3.05, 3.63) is 120 Å².